The van der Waals surface area contributed by atoms with Crippen LogP contribution in [0.2, 0.25) is 0 Å². The summed E-state index contributed by atoms with van der Waals surface area (Å²) in [7, 11) is 0. The third-order valence-electron chi connectivity index (χ3n) is 3.29. The van der Waals surface area contributed by atoms with E-state index in [4.69, 9.17) is 14.9 Å². The van der Waals surface area contributed by atoms with Crippen molar-refractivity contribution in [3.8, 4) is 16.9 Å². The molecule has 3 aromatic rings. The molecule has 0 spiro atoms. The second-order valence-corrected chi connectivity index (χ2v) is 4.80. The van der Waals surface area contributed by atoms with Gasteiger partial charge in [-0.15, -0.1) is 0 Å². The maximum Gasteiger partial charge on any atom is 0.146 e. The van der Waals surface area contributed by atoms with Gasteiger partial charge >= 0.3 is 0 Å². The van der Waals surface area contributed by atoms with Gasteiger partial charge in [0.25, 0.3) is 0 Å². The number of ether oxygens (including phenoxy) is 1. The van der Waals surface area contributed by atoms with E-state index in [2.05, 4.69) is 24.3 Å². The van der Waals surface area contributed by atoms with Crippen molar-refractivity contribution in [2.45, 2.75) is 13.2 Å². The van der Waals surface area contributed by atoms with Gasteiger partial charge in [-0.1, -0.05) is 42.5 Å². The number of furan rings is 1. The van der Waals surface area contributed by atoms with Crippen LogP contribution in [0.5, 0.6) is 5.75 Å². The molecule has 21 heavy (non-hydrogen) atoms. The smallest absolute Gasteiger partial charge is 0.146 e. The lowest BCUT2D eigenvalue weighted by atomic mass is 10.1. The predicted octanol–water partition coefficient (Wildman–Crippen LogP) is 3.98. The second kappa shape index (κ2) is 6.29. The minimum atomic E-state index is 0.407. The molecule has 0 fully saturated rings. The van der Waals surface area contributed by atoms with E-state index in [1.54, 1.807) is 6.26 Å². The highest BCUT2D eigenvalue weighted by molar-refractivity contribution is 5.63. The first-order valence-corrected chi connectivity index (χ1v) is 6.90. The van der Waals surface area contributed by atoms with Crippen molar-refractivity contribution in [1.29, 1.82) is 0 Å². The SMILES string of the molecule is NCc1coc(COc2ccc(-c3ccccc3)cc2)c1. The molecule has 0 unspecified atom stereocenters. The van der Waals surface area contributed by atoms with Crippen molar-refractivity contribution in [1.82, 2.24) is 0 Å². The van der Waals surface area contributed by atoms with E-state index < -0.39 is 0 Å². The molecule has 1 aromatic heterocycles. The zero-order chi connectivity index (χ0) is 14.5. The Morgan fingerprint density at radius 3 is 2.29 bits per heavy atom. The zero-order valence-corrected chi connectivity index (χ0v) is 11.7. The van der Waals surface area contributed by atoms with E-state index in [1.165, 1.54) is 11.1 Å². The Labute approximate surface area is 124 Å². The summed E-state index contributed by atoms with van der Waals surface area (Å²) >= 11 is 0. The van der Waals surface area contributed by atoms with E-state index in [-0.39, 0.29) is 0 Å². The minimum Gasteiger partial charge on any atom is -0.486 e. The summed E-state index contributed by atoms with van der Waals surface area (Å²) in [5.74, 6) is 1.60. The second-order valence-electron chi connectivity index (χ2n) is 4.80. The van der Waals surface area contributed by atoms with Crippen LogP contribution in [0.1, 0.15) is 11.3 Å². The van der Waals surface area contributed by atoms with Crippen molar-refractivity contribution < 1.29 is 9.15 Å². The van der Waals surface area contributed by atoms with Crippen LogP contribution in [0.3, 0.4) is 0 Å². The molecule has 3 rings (SSSR count). The molecular formula is C18H17NO2. The molecule has 2 aromatic carbocycles. The van der Waals surface area contributed by atoms with Gasteiger partial charge in [-0.3, -0.25) is 0 Å². The number of nitrogens with two attached hydrogens (primary N) is 1. The van der Waals surface area contributed by atoms with Crippen LogP contribution in [0.15, 0.2) is 71.3 Å². The van der Waals surface area contributed by atoms with Crippen molar-refractivity contribution >= 4 is 0 Å². The molecule has 1 heterocycles. The normalized spacial score (nSPS) is 10.5. The average molecular weight is 279 g/mol. The van der Waals surface area contributed by atoms with Crippen LogP contribution in [0.4, 0.5) is 0 Å². The third-order valence-corrected chi connectivity index (χ3v) is 3.29. The Kier molecular flexibility index (Phi) is 4.03. The van der Waals surface area contributed by atoms with Crippen LogP contribution >= 0.6 is 0 Å². The number of rotatable bonds is 5. The van der Waals surface area contributed by atoms with Gasteiger partial charge < -0.3 is 14.9 Å². The summed E-state index contributed by atoms with van der Waals surface area (Å²) in [5, 5.41) is 0. The Bertz CT molecular complexity index is 687. The highest BCUT2D eigenvalue weighted by Crippen LogP contribution is 2.22. The van der Waals surface area contributed by atoms with E-state index >= 15 is 0 Å². The molecule has 0 aliphatic heterocycles. The van der Waals surface area contributed by atoms with Gasteiger partial charge in [0.05, 0.1) is 6.26 Å². The van der Waals surface area contributed by atoms with E-state index in [9.17, 15) is 0 Å². The Hall–Kier alpha value is -2.52. The monoisotopic (exact) mass is 279 g/mol. The molecule has 0 aliphatic rings. The predicted molar refractivity (Wildman–Crippen MR) is 82.8 cm³/mol. The molecular weight excluding hydrogens is 262 g/mol. The molecule has 0 saturated heterocycles. The molecule has 0 saturated carbocycles. The van der Waals surface area contributed by atoms with E-state index in [0.717, 1.165) is 17.1 Å². The maximum atomic E-state index is 5.71. The van der Waals surface area contributed by atoms with Crippen LogP contribution in [0, 0.1) is 0 Å². The Balaban J connectivity index is 1.64. The van der Waals surface area contributed by atoms with Gasteiger partial charge in [-0.2, -0.15) is 0 Å². The first-order chi connectivity index (χ1) is 10.3. The zero-order valence-electron chi connectivity index (χ0n) is 11.7. The Morgan fingerprint density at radius 1 is 0.905 bits per heavy atom. The number of hydrogen-bond donors (Lipinski definition) is 1. The summed E-state index contributed by atoms with van der Waals surface area (Å²) in [6.07, 6.45) is 1.66. The summed E-state index contributed by atoms with van der Waals surface area (Å²) in [6, 6.07) is 20.2. The van der Waals surface area contributed by atoms with Gasteiger partial charge in [0.2, 0.25) is 0 Å². The van der Waals surface area contributed by atoms with E-state index in [0.29, 0.717) is 13.2 Å². The maximum absolute atomic E-state index is 5.71. The highest BCUT2D eigenvalue weighted by atomic mass is 16.5. The molecule has 0 atom stereocenters. The lowest BCUT2D eigenvalue weighted by Gasteiger charge is -2.06. The molecule has 0 aliphatic carbocycles. The largest absolute Gasteiger partial charge is 0.486 e. The standard InChI is InChI=1S/C18H17NO2/c19-11-14-10-18(20-12-14)13-21-17-8-6-16(7-9-17)15-4-2-1-3-5-15/h1-10,12H,11,13,19H2. The lowest BCUT2D eigenvalue weighted by molar-refractivity contribution is 0.270. The van der Waals surface area contributed by atoms with Crippen LogP contribution in [0.25, 0.3) is 11.1 Å². The number of benzene rings is 2. The van der Waals surface area contributed by atoms with Gasteiger partial charge in [-0.25, -0.2) is 0 Å². The van der Waals surface area contributed by atoms with Gasteiger partial charge in [-0.05, 0) is 29.3 Å². The quantitative estimate of drug-likeness (QED) is 0.768. The van der Waals surface area contributed by atoms with Gasteiger partial charge in [0, 0.05) is 12.1 Å². The molecule has 0 amide bonds. The first kappa shape index (κ1) is 13.5. The molecule has 106 valence electrons. The van der Waals surface area contributed by atoms with Crippen molar-refractivity contribution in [2.75, 3.05) is 0 Å². The molecule has 2 N–H and O–H groups in total. The summed E-state index contributed by atoms with van der Waals surface area (Å²) in [5.41, 5.74) is 8.89. The van der Waals surface area contributed by atoms with Gasteiger partial charge in [0.15, 0.2) is 0 Å². The summed E-state index contributed by atoms with van der Waals surface area (Å²) in [4.78, 5) is 0. The molecule has 3 nitrogen and oxygen atoms in total. The van der Waals surface area contributed by atoms with Crippen LogP contribution in [-0.2, 0) is 13.2 Å². The van der Waals surface area contributed by atoms with Crippen LogP contribution in [-0.4, -0.2) is 0 Å². The van der Waals surface area contributed by atoms with Crippen molar-refractivity contribution in [3.63, 3.8) is 0 Å². The van der Waals surface area contributed by atoms with Crippen LogP contribution < -0.4 is 10.5 Å². The van der Waals surface area contributed by atoms with Gasteiger partial charge in [0.1, 0.15) is 18.1 Å². The first-order valence-electron chi connectivity index (χ1n) is 6.90. The number of hydrogen-bond acceptors (Lipinski definition) is 3. The highest BCUT2D eigenvalue weighted by Gasteiger charge is 2.02. The van der Waals surface area contributed by atoms with E-state index in [1.807, 2.05) is 36.4 Å². The summed E-state index contributed by atoms with van der Waals surface area (Å²) in [6.45, 7) is 0.889. The molecule has 3 heteroatoms. The fourth-order valence-corrected chi connectivity index (χ4v) is 2.14. The average Bonchev–Trinajstić information content (AvgIpc) is 3.02. The fraction of sp³-hybridized carbons (Fsp3) is 0.111. The minimum absolute atomic E-state index is 0.407. The van der Waals surface area contributed by atoms with Crippen molar-refractivity contribution in [3.05, 3.63) is 78.3 Å². The molecule has 0 radical (unpaired) electrons. The fourth-order valence-electron chi connectivity index (χ4n) is 2.14. The van der Waals surface area contributed by atoms with Crippen molar-refractivity contribution in [2.24, 2.45) is 5.73 Å². The Morgan fingerprint density at radius 2 is 1.62 bits per heavy atom. The lowest BCUT2D eigenvalue weighted by Crippen LogP contribution is -1.95. The topological polar surface area (TPSA) is 48.4 Å². The third kappa shape index (κ3) is 3.33. The summed E-state index contributed by atoms with van der Waals surface area (Å²) < 4.78 is 11.1. The molecule has 0 bridgehead atoms.